The molecule has 1 aromatic carbocycles. The van der Waals surface area contributed by atoms with Gasteiger partial charge < -0.3 is 9.47 Å². The van der Waals surface area contributed by atoms with Gasteiger partial charge in [0.05, 0.1) is 19.9 Å². The van der Waals surface area contributed by atoms with Crippen LogP contribution in [0, 0.1) is 10.1 Å². The Morgan fingerprint density at radius 2 is 1.86 bits per heavy atom. The predicted molar refractivity (Wildman–Crippen MR) is 78.4 cm³/mol. The monoisotopic (exact) mass is 290 g/mol. The average Bonchev–Trinajstić information content (AvgIpc) is 2.47. The SMILES string of the molecule is COC1=NC(=Nc2ccc(OC)cc2)[C@@H]([N+](=O)[O-])C(C)=N1. The number of nitrogens with zero attached hydrogens (tertiary/aromatic N) is 4. The molecule has 0 amide bonds. The van der Waals surface area contributed by atoms with Crippen LogP contribution in [0.4, 0.5) is 5.69 Å². The van der Waals surface area contributed by atoms with Crippen LogP contribution in [0.2, 0.25) is 0 Å². The fourth-order valence-electron chi connectivity index (χ4n) is 1.80. The molecule has 21 heavy (non-hydrogen) atoms. The summed E-state index contributed by atoms with van der Waals surface area (Å²) in [7, 11) is 2.95. The summed E-state index contributed by atoms with van der Waals surface area (Å²) in [6.07, 6.45) is 0. The maximum Gasteiger partial charge on any atom is 0.318 e. The Morgan fingerprint density at radius 3 is 2.38 bits per heavy atom. The van der Waals surface area contributed by atoms with Gasteiger partial charge in [0.1, 0.15) is 11.5 Å². The van der Waals surface area contributed by atoms with E-state index in [0.717, 1.165) is 0 Å². The molecule has 0 spiro atoms. The summed E-state index contributed by atoms with van der Waals surface area (Å²) in [5, 5.41) is 11.2. The zero-order chi connectivity index (χ0) is 15.4. The number of hydrogen-bond donors (Lipinski definition) is 0. The molecule has 1 atom stereocenters. The van der Waals surface area contributed by atoms with E-state index < -0.39 is 11.0 Å². The minimum Gasteiger partial charge on any atom is -0.497 e. The maximum atomic E-state index is 11.2. The summed E-state index contributed by atoms with van der Waals surface area (Å²) in [6, 6.07) is 5.68. The molecule has 1 aliphatic rings. The van der Waals surface area contributed by atoms with Crippen molar-refractivity contribution >= 4 is 23.3 Å². The number of hydrogen-bond acceptors (Lipinski definition) is 6. The quantitative estimate of drug-likeness (QED) is 0.626. The van der Waals surface area contributed by atoms with Crippen molar-refractivity contribution in [2.75, 3.05) is 14.2 Å². The van der Waals surface area contributed by atoms with Crippen molar-refractivity contribution in [3.05, 3.63) is 34.4 Å². The molecule has 0 aliphatic carbocycles. The molecule has 0 bridgehead atoms. The Balaban J connectivity index is 2.41. The smallest absolute Gasteiger partial charge is 0.318 e. The van der Waals surface area contributed by atoms with Gasteiger partial charge in [-0.1, -0.05) is 0 Å². The normalized spacial score (nSPS) is 19.8. The Morgan fingerprint density at radius 1 is 1.19 bits per heavy atom. The lowest BCUT2D eigenvalue weighted by atomic mass is 10.1. The van der Waals surface area contributed by atoms with Crippen LogP contribution in [-0.2, 0) is 4.74 Å². The van der Waals surface area contributed by atoms with Crippen LogP contribution in [-0.4, -0.2) is 42.8 Å². The maximum absolute atomic E-state index is 11.2. The average molecular weight is 290 g/mol. The zero-order valence-electron chi connectivity index (χ0n) is 11.8. The van der Waals surface area contributed by atoms with E-state index in [0.29, 0.717) is 11.4 Å². The van der Waals surface area contributed by atoms with E-state index in [1.807, 2.05) is 0 Å². The summed E-state index contributed by atoms with van der Waals surface area (Å²) < 4.78 is 9.98. The number of nitro groups is 1. The highest BCUT2D eigenvalue weighted by Crippen LogP contribution is 2.20. The molecule has 0 fully saturated rings. The highest BCUT2D eigenvalue weighted by atomic mass is 16.6. The number of ether oxygens (including phenoxy) is 2. The first-order valence-electron chi connectivity index (χ1n) is 6.09. The topological polar surface area (TPSA) is 98.7 Å². The fourth-order valence-corrected chi connectivity index (χ4v) is 1.80. The number of aliphatic imine (C=N–C) groups is 3. The second-order valence-electron chi connectivity index (χ2n) is 4.21. The van der Waals surface area contributed by atoms with Gasteiger partial charge in [0.25, 0.3) is 0 Å². The van der Waals surface area contributed by atoms with Gasteiger partial charge in [0.15, 0.2) is 0 Å². The molecule has 8 heteroatoms. The third kappa shape index (κ3) is 3.22. The molecule has 8 nitrogen and oxygen atoms in total. The summed E-state index contributed by atoms with van der Waals surface area (Å²) in [5.74, 6) is 0.710. The molecule has 0 saturated carbocycles. The van der Waals surface area contributed by atoms with Gasteiger partial charge in [-0.05, 0) is 31.2 Å². The van der Waals surface area contributed by atoms with Gasteiger partial charge in [-0.3, -0.25) is 10.1 Å². The Hall–Kier alpha value is -2.77. The predicted octanol–water partition coefficient (Wildman–Crippen LogP) is 1.85. The zero-order valence-corrected chi connectivity index (χ0v) is 11.8. The van der Waals surface area contributed by atoms with Crippen molar-refractivity contribution in [3.8, 4) is 5.75 Å². The van der Waals surface area contributed by atoms with E-state index in [1.165, 1.54) is 7.11 Å². The van der Waals surface area contributed by atoms with Crippen molar-refractivity contribution in [1.29, 1.82) is 0 Å². The number of methoxy groups -OCH3 is 2. The lowest BCUT2D eigenvalue weighted by Crippen LogP contribution is -2.39. The van der Waals surface area contributed by atoms with Crippen LogP contribution in [0.1, 0.15) is 6.92 Å². The standard InChI is InChI=1S/C13H14N4O4/c1-8-11(17(18)19)12(16-13(14-8)21-3)15-9-4-6-10(20-2)7-5-9/h4-7,11H,1-3H3/t11-/m0/s1. The lowest BCUT2D eigenvalue weighted by Gasteiger charge is -2.14. The van der Waals surface area contributed by atoms with Crippen molar-refractivity contribution in [3.63, 3.8) is 0 Å². The van der Waals surface area contributed by atoms with E-state index in [-0.39, 0.29) is 17.6 Å². The summed E-state index contributed by atoms with van der Waals surface area (Å²) >= 11 is 0. The lowest BCUT2D eigenvalue weighted by molar-refractivity contribution is -0.484. The van der Waals surface area contributed by atoms with Gasteiger partial charge in [-0.2, -0.15) is 9.98 Å². The molecule has 0 radical (unpaired) electrons. The summed E-state index contributed by atoms with van der Waals surface area (Å²) in [5.41, 5.74) is 0.811. The molecular weight excluding hydrogens is 276 g/mol. The molecule has 0 N–H and O–H groups in total. The number of benzene rings is 1. The second kappa shape index (κ2) is 6.12. The van der Waals surface area contributed by atoms with E-state index in [2.05, 4.69) is 15.0 Å². The Labute approximate surface area is 121 Å². The molecule has 1 aliphatic heterocycles. The number of amidine groups is 2. The van der Waals surface area contributed by atoms with Crippen molar-refractivity contribution in [1.82, 2.24) is 0 Å². The third-order valence-electron chi connectivity index (χ3n) is 2.83. The molecule has 1 aromatic rings. The van der Waals surface area contributed by atoms with E-state index >= 15 is 0 Å². The molecule has 0 saturated heterocycles. The minimum absolute atomic E-state index is 0.0366. The van der Waals surface area contributed by atoms with E-state index in [1.54, 1.807) is 38.3 Å². The van der Waals surface area contributed by atoms with Crippen LogP contribution >= 0.6 is 0 Å². The van der Waals surface area contributed by atoms with E-state index in [4.69, 9.17) is 9.47 Å². The van der Waals surface area contributed by atoms with Crippen LogP contribution in [0.15, 0.2) is 39.2 Å². The Bertz CT molecular complexity index is 634. The Kier molecular flexibility index (Phi) is 4.27. The molecule has 1 heterocycles. The third-order valence-corrected chi connectivity index (χ3v) is 2.83. The minimum atomic E-state index is -1.17. The largest absolute Gasteiger partial charge is 0.497 e. The van der Waals surface area contributed by atoms with E-state index in [9.17, 15) is 10.1 Å². The fraction of sp³-hybridized carbons (Fsp3) is 0.308. The highest BCUT2D eigenvalue weighted by molar-refractivity contribution is 6.17. The highest BCUT2D eigenvalue weighted by Gasteiger charge is 2.35. The van der Waals surface area contributed by atoms with Crippen molar-refractivity contribution in [2.45, 2.75) is 13.0 Å². The first-order valence-corrected chi connectivity index (χ1v) is 6.09. The van der Waals surface area contributed by atoms with Crippen LogP contribution < -0.4 is 4.74 Å². The molecule has 0 unspecified atom stereocenters. The molecular formula is C13H14N4O4. The van der Waals surface area contributed by atoms with Crippen LogP contribution in [0.5, 0.6) is 5.75 Å². The number of rotatable bonds is 3. The van der Waals surface area contributed by atoms with Gasteiger partial charge in [-0.25, -0.2) is 4.99 Å². The summed E-state index contributed by atoms with van der Waals surface area (Å²) in [4.78, 5) is 22.8. The van der Waals surface area contributed by atoms with Gasteiger partial charge in [0.2, 0.25) is 5.84 Å². The van der Waals surface area contributed by atoms with Gasteiger partial charge in [0, 0.05) is 4.92 Å². The molecule has 2 rings (SSSR count). The van der Waals surface area contributed by atoms with Gasteiger partial charge in [-0.15, -0.1) is 0 Å². The van der Waals surface area contributed by atoms with Crippen LogP contribution in [0.3, 0.4) is 0 Å². The summed E-state index contributed by atoms with van der Waals surface area (Å²) in [6.45, 7) is 1.55. The van der Waals surface area contributed by atoms with Crippen molar-refractivity contribution in [2.24, 2.45) is 15.0 Å². The molecule has 0 aromatic heterocycles. The van der Waals surface area contributed by atoms with Crippen molar-refractivity contribution < 1.29 is 14.4 Å². The first-order chi connectivity index (χ1) is 10.0. The molecule has 110 valence electrons. The second-order valence-corrected chi connectivity index (χ2v) is 4.21. The first kappa shape index (κ1) is 14.6. The van der Waals surface area contributed by atoms with Gasteiger partial charge >= 0.3 is 12.1 Å². The van der Waals surface area contributed by atoms with Crippen LogP contribution in [0.25, 0.3) is 0 Å².